The van der Waals surface area contributed by atoms with Gasteiger partial charge in [-0.05, 0) is 73.1 Å². The summed E-state index contributed by atoms with van der Waals surface area (Å²) in [6.45, 7) is 3.83. The lowest BCUT2D eigenvalue weighted by molar-refractivity contribution is -0.141. The third-order valence-corrected chi connectivity index (χ3v) is 6.48. The highest BCUT2D eigenvalue weighted by Crippen LogP contribution is 2.39. The van der Waals surface area contributed by atoms with Crippen molar-refractivity contribution in [3.63, 3.8) is 0 Å². The van der Waals surface area contributed by atoms with E-state index in [-0.39, 0.29) is 11.9 Å². The normalized spacial score (nSPS) is 15.7. The summed E-state index contributed by atoms with van der Waals surface area (Å²) < 4.78 is 38.9. The van der Waals surface area contributed by atoms with Crippen LogP contribution in [0.3, 0.4) is 0 Å². The predicted octanol–water partition coefficient (Wildman–Crippen LogP) is 7.22. The summed E-state index contributed by atoms with van der Waals surface area (Å²) in [6.07, 6.45) is 0.365. The van der Waals surface area contributed by atoms with E-state index in [1.54, 1.807) is 0 Å². The van der Waals surface area contributed by atoms with Crippen molar-refractivity contribution in [1.29, 1.82) is 0 Å². The van der Waals surface area contributed by atoms with Crippen molar-refractivity contribution in [2.45, 2.75) is 57.7 Å². The van der Waals surface area contributed by atoms with E-state index in [0.29, 0.717) is 5.69 Å². The molecule has 0 spiro atoms. The molecule has 4 rings (SSSR count). The number of nitrogens with zero attached hydrogens (tertiary/aromatic N) is 2. The van der Waals surface area contributed by atoms with Gasteiger partial charge in [0.15, 0.2) is 0 Å². The Balaban J connectivity index is 0.000000886. The molecule has 1 fully saturated rings. The molecule has 1 atom stereocenters. The maximum Gasteiger partial charge on any atom is 0.503 e. The van der Waals surface area contributed by atoms with Gasteiger partial charge in [0.05, 0.1) is 5.60 Å². The van der Waals surface area contributed by atoms with Gasteiger partial charge in [-0.2, -0.15) is 13.2 Å². The smallest absolute Gasteiger partial charge is 0.450 e. The molecule has 198 valence electrons. The van der Waals surface area contributed by atoms with E-state index in [4.69, 9.17) is 15.0 Å². The monoisotopic (exact) mass is 517 g/mol. The van der Waals surface area contributed by atoms with Crippen molar-refractivity contribution >= 4 is 17.8 Å². The predicted molar refractivity (Wildman–Crippen MR) is 134 cm³/mol. The first-order chi connectivity index (χ1) is 17.4. The summed E-state index contributed by atoms with van der Waals surface area (Å²) in [5, 5.41) is 28.0. The zero-order chi connectivity index (χ0) is 27.2. The molecule has 37 heavy (non-hydrogen) atoms. The van der Waals surface area contributed by atoms with Crippen LogP contribution in [0.15, 0.2) is 54.7 Å². The molecule has 3 aromatic rings. The van der Waals surface area contributed by atoms with E-state index in [1.165, 1.54) is 6.42 Å². The number of aliphatic hydroxyl groups is 1. The molecule has 7 nitrogen and oxygen atoms in total. The number of aromatic nitrogens is 2. The summed E-state index contributed by atoms with van der Waals surface area (Å²) in [5.74, 6) is 0.152. The number of benzene rings is 2. The van der Waals surface area contributed by atoms with Crippen LogP contribution in [0.1, 0.15) is 55.8 Å². The molecule has 0 amide bonds. The lowest BCUT2D eigenvalue weighted by Crippen LogP contribution is -2.33. The lowest BCUT2D eigenvalue weighted by atomic mass is 9.74. The molecule has 0 radical (unpaired) electrons. The Hall–Kier alpha value is -3.66. The fourth-order valence-electron chi connectivity index (χ4n) is 4.63. The zero-order valence-corrected chi connectivity index (χ0v) is 20.6. The van der Waals surface area contributed by atoms with Crippen molar-refractivity contribution in [3.8, 4) is 11.1 Å². The Labute approximate surface area is 213 Å². The Morgan fingerprint density at radius 1 is 0.973 bits per heavy atom. The van der Waals surface area contributed by atoms with Crippen molar-refractivity contribution in [3.05, 3.63) is 71.5 Å². The molecule has 1 saturated carbocycles. The third-order valence-electron chi connectivity index (χ3n) is 6.48. The minimum absolute atomic E-state index is 0.111. The Morgan fingerprint density at radius 3 is 2.19 bits per heavy atom. The van der Waals surface area contributed by atoms with E-state index in [9.17, 15) is 18.3 Å². The van der Waals surface area contributed by atoms with Crippen molar-refractivity contribution in [2.24, 2.45) is 5.92 Å². The average molecular weight is 518 g/mol. The lowest BCUT2D eigenvalue weighted by Gasteiger charge is -2.36. The maximum atomic E-state index is 13.0. The molecule has 0 bridgehead atoms. The highest BCUT2D eigenvalue weighted by molar-refractivity contribution is 5.71. The largest absolute Gasteiger partial charge is 0.503 e. The highest BCUT2D eigenvalue weighted by Gasteiger charge is 2.34. The van der Waals surface area contributed by atoms with Crippen LogP contribution in [0.5, 0.6) is 0 Å². The molecular weight excluding hydrogens is 487 g/mol. The Bertz CT molecular complexity index is 1200. The Kier molecular flexibility index (Phi) is 8.75. The maximum absolute atomic E-state index is 13.0. The van der Waals surface area contributed by atoms with E-state index in [1.807, 2.05) is 56.3 Å². The van der Waals surface area contributed by atoms with Crippen LogP contribution in [0, 0.1) is 12.8 Å². The van der Waals surface area contributed by atoms with E-state index in [2.05, 4.69) is 15.3 Å². The van der Waals surface area contributed by atoms with Gasteiger partial charge in [0.25, 0.3) is 0 Å². The van der Waals surface area contributed by atoms with Crippen molar-refractivity contribution in [1.82, 2.24) is 9.97 Å². The van der Waals surface area contributed by atoms with Crippen LogP contribution < -0.4 is 5.32 Å². The number of halogens is 3. The van der Waals surface area contributed by atoms with Crippen LogP contribution in [0.4, 0.5) is 29.6 Å². The topological polar surface area (TPSA) is 116 Å². The van der Waals surface area contributed by atoms with Gasteiger partial charge in [-0.3, -0.25) is 0 Å². The van der Waals surface area contributed by atoms with E-state index in [0.717, 1.165) is 60.2 Å². The molecule has 0 saturated heterocycles. The summed E-state index contributed by atoms with van der Waals surface area (Å²) in [5.41, 5.74) is 2.46. The molecule has 10 heteroatoms. The number of alkyl halides is 3. The number of nitrogens with one attached hydrogen (secondary N) is 1. The number of carboxylic acid groups (broad SMARTS) is 2. The standard InChI is InChI=1S/C26H28F3N3O.CH2O3/c1-17-14-19(16-22(15-17)31-24-30-13-12-23(32-24)26(27,28)29)18-8-10-21(11-9-18)25(2,33)20-6-4-3-5-7-20;2-1(3)4/h8-16,20,33H,3-7H2,1-2H3,(H,30,31,32);(H2,2,3,4)/t25-;/m1./s1. The SMILES string of the molecule is Cc1cc(Nc2nccc(C(F)(F)F)n2)cc(-c2ccc([C@](C)(O)C3CCCCC3)cc2)c1.O=C(O)O. The second kappa shape index (κ2) is 11.6. The fraction of sp³-hybridized carbons (Fsp3) is 0.370. The average Bonchev–Trinajstić information content (AvgIpc) is 2.84. The zero-order valence-electron chi connectivity index (χ0n) is 20.6. The molecule has 0 unspecified atom stereocenters. The number of hydrogen-bond acceptors (Lipinski definition) is 5. The van der Waals surface area contributed by atoms with E-state index >= 15 is 0 Å². The molecule has 1 heterocycles. The molecular formula is C27H30F3N3O4. The summed E-state index contributed by atoms with van der Waals surface area (Å²) in [6, 6.07) is 14.4. The van der Waals surface area contributed by atoms with Gasteiger partial charge in [-0.25, -0.2) is 14.8 Å². The van der Waals surface area contributed by atoms with Crippen LogP contribution in [-0.2, 0) is 11.8 Å². The third kappa shape index (κ3) is 7.66. The first kappa shape index (κ1) is 27.9. The van der Waals surface area contributed by atoms with Gasteiger partial charge in [-0.1, -0.05) is 49.6 Å². The van der Waals surface area contributed by atoms with Gasteiger partial charge in [0.1, 0.15) is 5.69 Å². The number of anilines is 2. The highest BCUT2D eigenvalue weighted by atomic mass is 19.4. The van der Waals surface area contributed by atoms with Gasteiger partial charge >= 0.3 is 12.3 Å². The van der Waals surface area contributed by atoms with Crippen molar-refractivity contribution < 1.29 is 33.3 Å². The quantitative estimate of drug-likeness (QED) is 0.282. The van der Waals surface area contributed by atoms with Crippen LogP contribution >= 0.6 is 0 Å². The van der Waals surface area contributed by atoms with Crippen molar-refractivity contribution in [2.75, 3.05) is 5.32 Å². The molecule has 0 aliphatic heterocycles. The second-order valence-corrected chi connectivity index (χ2v) is 9.32. The van der Waals surface area contributed by atoms with Gasteiger partial charge in [-0.15, -0.1) is 0 Å². The fourth-order valence-corrected chi connectivity index (χ4v) is 4.63. The van der Waals surface area contributed by atoms with Crippen LogP contribution in [0.25, 0.3) is 11.1 Å². The molecule has 1 aromatic heterocycles. The minimum Gasteiger partial charge on any atom is -0.450 e. The first-order valence-electron chi connectivity index (χ1n) is 11.9. The number of carbonyl (C=O) groups is 1. The number of rotatable bonds is 5. The minimum atomic E-state index is -4.53. The number of hydrogen-bond donors (Lipinski definition) is 4. The summed E-state index contributed by atoms with van der Waals surface area (Å²) in [4.78, 5) is 16.0. The first-order valence-corrected chi connectivity index (χ1v) is 11.9. The molecule has 1 aliphatic rings. The van der Waals surface area contributed by atoms with Gasteiger partial charge in [0.2, 0.25) is 5.95 Å². The summed E-state index contributed by atoms with van der Waals surface area (Å²) in [7, 11) is 0. The molecule has 2 aromatic carbocycles. The van der Waals surface area contributed by atoms with Crippen LogP contribution in [0.2, 0.25) is 0 Å². The van der Waals surface area contributed by atoms with Gasteiger partial charge in [0, 0.05) is 11.9 Å². The van der Waals surface area contributed by atoms with Crippen LogP contribution in [-0.4, -0.2) is 31.4 Å². The Morgan fingerprint density at radius 2 is 1.59 bits per heavy atom. The second-order valence-electron chi connectivity index (χ2n) is 9.32. The van der Waals surface area contributed by atoms with Gasteiger partial charge < -0.3 is 20.6 Å². The molecule has 1 aliphatic carbocycles. The summed E-state index contributed by atoms with van der Waals surface area (Å²) >= 11 is 0. The molecule has 4 N–H and O–H groups in total. The van der Waals surface area contributed by atoms with E-state index < -0.39 is 23.6 Å². The number of aryl methyl sites for hydroxylation is 1.